The highest BCUT2D eigenvalue weighted by atomic mass is 16.8. The van der Waals surface area contributed by atoms with Crippen LogP contribution in [0.3, 0.4) is 0 Å². The largest absolute Gasteiger partial charge is 0.508 e. The first kappa shape index (κ1) is 39.8. The maximum Gasteiger partial charge on any atom is 0.239 e. The van der Waals surface area contributed by atoms with Crippen molar-refractivity contribution in [2.24, 2.45) is 0 Å². The minimum atomic E-state index is -1.96. The summed E-state index contributed by atoms with van der Waals surface area (Å²) in [6, 6.07) is 5.75. The molecule has 3 fully saturated rings. The number of aromatic hydroxyl groups is 2. The van der Waals surface area contributed by atoms with E-state index in [2.05, 4.69) is 0 Å². The summed E-state index contributed by atoms with van der Waals surface area (Å²) < 4.78 is 45.2. The molecule has 3 aromatic rings. The Morgan fingerprint density at radius 3 is 1.98 bits per heavy atom. The van der Waals surface area contributed by atoms with Crippen LogP contribution in [0.15, 0.2) is 39.5 Å². The lowest BCUT2D eigenvalue weighted by Crippen LogP contribution is -2.63. The molecule has 3 saturated heterocycles. The maximum absolute atomic E-state index is 14.1. The predicted molar refractivity (Wildman–Crippen MR) is 173 cm³/mol. The second-order valence-electron chi connectivity index (χ2n) is 12.8. The average Bonchev–Trinajstić information content (AvgIpc) is 3.15. The van der Waals surface area contributed by atoms with Crippen LogP contribution in [0.25, 0.3) is 22.3 Å². The molecule has 3 aliphatic heterocycles. The zero-order valence-electron chi connectivity index (χ0n) is 28.1. The lowest BCUT2D eigenvalue weighted by Gasteiger charge is -2.44. The quantitative estimate of drug-likeness (QED) is 0.0927. The highest BCUT2D eigenvalue weighted by molar-refractivity contribution is 5.88. The first-order valence-electron chi connectivity index (χ1n) is 16.5. The van der Waals surface area contributed by atoms with E-state index in [1.165, 1.54) is 25.3 Å². The SMILES string of the molecule is COc1ccc(-c2oc3cc(O)cc(O)c3c(=O)c2O[C@@H]2OC[C@@H](O)[C@H](O)[C@H]2O[C@@H]2O[C@H](CO)[C@@H](O)[C@H](O)[C@H]2O)cc1O[C@@H]1O[C@H](CO)[C@@H](O)[C@H](O)[C@H]1O. The van der Waals surface area contributed by atoms with Gasteiger partial charge in [0.2, 0.25) is 23.8 Å². The van der Waals surface area contributed by atoms with Crippen LogP contribution in [0.4, 0.5) is 0 Å². The van der Waals surface area contributed by atoms with E-state index in [0.717, 1.165) is 12.1 Å². The van der Waals surface area contributed by atoms with Crippen LogP contribution in [-0.2, 0) is 18.9 Å². The summed E-state index contributed by atoms with van der Waals surface area (Å²) in [6.45, 7) is -2.16. The number of hydrogen-bond acceptors (Lipinski definition) is 21. The van der Waals surface area contributed by atoms with E-state index in [1.807, 2.05) is 0 Å². The molecule has 298 valence electrons. The number of phenols is 2. The van der Waals surface area contributed by atoms with Crippen LogP contribution < -0.4 is 19.6 Å². The van der Waals surface area contributed by atoms with Crippen molar-refractivity contribution < 1.29 is 98.9 Å². The molecular formula is C33H40O21. The molecule has 0 saturated carbocycles. The van der Waals surface area contributed by atoms with Crippen molar-refractivity contribution in [3.05, 3.63) is 40.6 Å². The van der Waals surface area contributed by atoms with Gasteiger partial charge in [0.05, 0.1) is 26.9 Å². The van der Waals surface area contributed by atoms with Crippen LogP contribution in [0.1, 0.15) is 0 Å². The van der Waals surface area contributed by atoms with Gasteiger partial charge in [-0.2, -0.15) is 0 Å². The number of phenolic OH excluding ortho intramolecular Hbond substituents is 2. The summed E-state index contributed by atoms with van der Waals surface area (Å²) in [5.74, 6) is -2.58. The Bertz CT molecular complexity index is 1830. The van der Waals surface area contributed by atoms with E-state index in [4.69, 9.17) is 37.6 Å². The molecule has 14 atom stereocenters. The fourth-order valence-electron chi connectivity index (χ4n) is 6.23. The third kappa shape index (κ3) is 7.39. The van der Waals surface area contributed by atoms with Gasteiger partial charge in [-0.05, 0) is 18.2 Å². The number of hydrogen-bond donors (Lipinski definition) is 12. The standard InChI is InChI=1S/C33H40O21/c1-47-14-3-2-10(4-15(14)50-31-26(45)24(43)21(40)17(7-34)51-31)28-29(23(42)19-12(37)5-11(36)6-16(19)49-28)53-33-30(20(39)13(38)9-48-33)54-32-27(46)25(44)22(41)18(8-35)52-32/h2-6,13,17-18,20-22,24-27,30-41,43-46H,7-9H2,1H3/t13-,17-,18-,20+,21-,22-,24+,25+,26-,27-,30-,31-,32+,33+/m1/s1. The Kier molecular flexibility index (Phi) is 11.8. The molecule has 12 N–H and O–H groups in total. The molecule has 6 rings (SSSR count). The van der Waals surface area contributed by atoms with Crippen molar-refractivity contribution >= 4 is 11.0 Å². The lowest BCUT2D eigenvalue weighted by molar-refractivity contribution is -0.348. The molecule has 21 nitrogen and oxygen atoms in total. The fraction of sp³-hybridized carbons (Fsp3) is 0.545. The van der Waals surface area contributed by atoms with Crippen LogP contribution in [0.2, 0.25) is 0 Å². The topological polar surface area (TPSA) is 338 Å². The predicted octanol–water partition coefficient (Wildman–Crippen LogP) is -4.30. The van der Waals surface area contributed by atoms with Gasteiger partial charge in [0.25, 0.3) is 0 Å². The number of methoxy groups -OCH3 is 1. The monoisotopic (exact) mass is 772 g/mol. The summed E-state index contributed by atoms with van der Waals surface area (Å²) in [5, 5.41) is 123. The van der Waals surface area contributed by atoms with Gasteiger partial charge in [-0.1, -0.05) is 0 Å². The third-order valence-electron chi connectivity index (χ3n) is 9.24. The van der Waals surface area contributed by atoms with E-state index in [1.54, 1.807) is 0 Å². The van der Waals surface area contributed by atoms with Gasteiger partial charge in [-0.25, -0.2) is 0 Å². The van der Waals surface area contributed by atoms with E-state index in [0.29, 0.717) is 0 Å². The molecule has 0 radical (unpaired) electrons. The first-order chi connectivity index (χ1) is 25.7. The Labute approximate surface area is 303 Å². The second kappa shape index (κ2) is 16.1. The fourth-order valence-corrected chi connectivity index (χ4v) is 6.23. The molecule has 54 heavy (non-hydrogen) atoms. The zero-order valence-corrected chi connectivity index (χ0v) is 28.1. The van der Waals surface area contributed by atoms with Gasteiger partial charge in [-0.3, -0.25) is 4.79 Å². The van der Waals surface area contributed by atoms with E-state index < -0.39 is 140 Å². The Morgan fingerprint density at radius 2 is 1.35 bits per heavy atom. The number of aliphatic hydroxyl groups is 10. The van der Waals surface area contributed by atoms with Crippen molar-refractivity contribution in [1.29, 1.82) is 0 Å². The average molecular weight is 773 g/mol. The van der Waals surface area contributed by atoms with Crippen LogP contribution in [0, 0.1) is 0 Å². The number of rotatable bonds is 10. The van der Waals surface area contributed by atoms with Gasteiger partial charge in [-0.15, -0.1) is 0 Å². The Morgan fingerprint density at radius 1 is 0.722 bits per heavy atom. The van der Waals surface area contributed by atoms with Crippen molar-refractivity contribution in [3.8, 4) is 40.1 Å². The molecule has 0 spiro atoms. The van der Waals surface area contributed by atoms with Gasteiger partial charge < -0.3 is 98.9 Å². The number of ether oxygens (including phenoxy) is 7. The van der Waals surface area contributed by atoms with E-state index in [-0.39, 0.29) is 22.6 Å². The van der Waals surface area contributed by atoms with Crippen molar-refractivity contribution in [2.75, 3.05) is 26.9 Å². The summed E-state index contributed by atoms with van der Waals surface area (Å²) >= 11 is 0. The summed E-state index contributed by atoms with van der Waals surface area (Å²) in [6.07, 6.45) is -24.4. The minimum absolute atomic E-state index is 0.0114. The Hall–Kier alpha value is -3.91. The lowest BCUT2D eigenvalue weighted by atomic mass is 9.99. The van der Waals surface area contributed by atoms with Crippen LogP contribution in [0.5, 0.6) is 28.7 Å². The molecule has 2 aromatic carbocycles. The van der Waals surface area contributed by atoms with Crippen molar-refractivity contribution in [3.63, 3.8) is 0 Å². The van der Waals surface area contributed by atoms with E-state index in [9.17, 15) is 66.1 Å². The first-order valence-corrected chi connectivity index (χ1v) is 16.5. The van der Waals surface area contributed by atoms with Crippen molar-refractivity contribution in [1.82, 2.24) is 0 Å². The molecule has 3 aliphatic rings. The second-order valence-corrected chi connectivity index (χ2v) is 12.8. The molecule has 0 bridgehead atoms. The smallest absolute Gasteiger partial charge is 0.239 e. The molecule has 21 heteroatoms. The molecule has 0 amide bonds. The molecule has 0 aliphatic carbocycles. The van der Waals surface area contributed by atoms with Gasteiger partial charge >= 0.3 is 0 Å². The molecule has 4 heterocycles. The number of benzene rings is 2. The highest BCUT2D eigenvalue weighted by Gasteiger charge is 2.50. The van der Waals surface area contributed by atoms with Gasteiger partial charge in [0, 0.05) is 17.7 Å². The van der Waals surface area contributed by atoms with E-state index >= 15 is 0 Å². The number of aliphatic hydroxyl groups excluding tert-OH is 10. The van der Waals surface area contributed by atoms with Gasteiger partial charge in [0.15, 0.2) is 29.7 Å². The molecular weight excluding hydrogens is 732 g/mol. The molecule has 1 aromatic heterocycles. The summed E-state index contributed by atoms with van der Waals surface area (Å²) in [4.78, 5) is 14.1. The normalized spacial score (nSPS) is 35.8. The highest BCUT2D eigenvalue weighted by Crippen LogP contribution is 2.41. The molecule has 0 unspecified atom stereocenters. The van der Waals surface area contributed by atoms with Gasteiger partial charge in [0.1, 0.15) is 83.5 Å². The Balaban J connectivity index is 1.42. The summed E-state index contributed by atoms with van der Waals surface area (Å²) in [5.41, 5.74) is -1.46. The van der Waals surface area contributed by atoms with Crippen LogP contribution >= 0.6 is 0 Å². The minimum Gasteiger partial charge on any atom is -0.508 e. The maximum atomic E-state index is 14.1. The van der Waals surface area contributed by atoms with Crippen molar-refractivity contribution in [2.45, 2.75) is 86.0 Å². The zero-order chi connectivity index (χ0) is 39.2. The number of fused-ring (bicyclic) bond motifs is 1. The third-order valence-corrected chi connectivity index (χ3v) is 9.24. The summed E-state index contributed by atoms with van der Waals surface area (Å²) in [7, 11) is 1.26. The van der Waals surface area contributed by atoms with Crippen LogP contribution in [-0.4, -0.2) is 174 Å².